The Kier molecular flexibility index (Phi) is 10.3. The SMILES string of the molecule is CCCCCCCCC[O][Sn][CH2]C(F)(F)C(F)(F)C(F)(F)F. The minimum absolute atomic E-state index is 0.160. The molecule has 132 valence electrons. The van der Waals surface area contributed by atoms with Gasteiger partial charge in [-0.2, -0.15) is 0 Å². The van der Waals surface area contributed by atoms with Crippen molar-refractivity contribution < 1.29 is 33.8 Å². The summed E-state index contributed by atoms with van der Waals surface area (Å²) in [4.78, 5) is 0. The zero-order valence-electron chi connectivity index (χ0n) is 12.4. The molecule has 0 aromatic rings. The molecule has 0 spiro atoms. The van der Waals surface area contributed by atoms with Crippen molar-refractivity contribution in [2.45, 2.75) is 74.3 Å². The molecule has 1 nitrogen and oxygen atoms in total. The van der Waals surface area contributed by atoms with E-state index >= 15 is 0 Å². The molecule has 0 rings (SSSR count). The molecule has 0 aliphatic heterocycles. The molecule has 0 aromatic carbocycles. The van der Waals surface area contributed by atoms with Crippen LogP contribution in [0.25, 0.3) is 0 Å². The molecule has 9 heteroatoms. The van der Waals surface area contributed by atoms with Gasteiger partial charge in [0, 0.05) is 0 Å². The van der Waals surface area contributed by atoms with Crippen LogP contribution >= 0.6 is 0 Å². The summed E-state index contributed by atoms with van der Waals surface area (Å²) in [6.07, 6.45) is 0.703. The zero-order valence-corrected chi connectivity index (χ0v) is 15.3. The quantitative estimate of drug-likeness (QED) is 0.215. The summed E-state index contributed by atoms with van der Waals surface area (Å²) in [5.41, 5.74) is 0. The van der Waals surface area contributed by atoms with Gasteiger partial charge in [-0.25, -0.2) is 0 Å². The summed E-state index contributed by atoms with van der Waals surface area (Å²) in [6, 6.07) is 0. The third kappa shape index (κ3) is 7.70. The van der Waals surface area contributed by atoms with E-state index in [9.17, 15) is 30.7 Å². The molecule has 0 atom stereocenters. The van der Waals surface area contributed by atoms with E-state index in [0.717, 1.165) is 38.5 Å². The molecule has 0 saturated carbocycles. The van der Waals surface area contributed by atoms with Gasteiger partial charge < -0.3 is 0 Å². The van der Waals surface area contributed by atoms with Crippen molar-refractivity contribution in [3.05, 3.63) is 0 Å². The Bertz CT molecular complexity index is 295. The van der Waals surface area contributed by atoms with E-state index in [1.807, 2.05) is 0 Å². The average molecular weight is 445 g/mol. The Morgan fingerprint density at radius 1 is 0.773 bits per heavy atom. The van der Waals surface area contributed by atoms with Crippen molar-refractivity contribution in [3.63, 3.8) is 0 Å². The van der Waals surface area contributed by atoms with Crippen LogP contribution in [0.5, 0.6) is 0 Å². The van der Waals surface area contributed by atoms with E-state index in [0.29, 0.717) is 6.42 Å². The minimum atomic E-state index is -6.24. The van der Waals surface area contributed by atoms with Crippen molar-refractivity contribution in [2.75, 3.05) is 6.61 Å². The van der Waals surface area contributed by atoms with Crippen LogP contribution in [0.4, 0.5) is 30.7 Å². The van der Waals surface area contributed by atoms with Gasteiger partial charge in [-0.1, -0.05) is 0 Å². The summed E-state index contributed by atoms with van der Waals surface area (Å²) in [5.74, 6) is -11.1. The van der Waals surface area contributed by atoms with E-state index in [2.05, 4.69) is 6.92 Å². The van der Waals surface area contributed by atoms with Gasteiger partial charge in [0.05, 0.1) is 0 Å². The normalized spacial score (nSPS) is 13.6. The Labute approximate surface area is 136 Å². The Hall–Kier alpha value is 0.269. The van der Waals surface area contributed by atoms with Gasteiger partial charge in [-0.05, 0) is 0 Å². The molecular formula is C13H21F7OSn. The first-order valence-corrected chi connectivity index (χ1v) is 10.4. The van der Waals surface area contributed by atoms with E-state index < -0.39 is 44.0 Å². The van der Waals surface area contributed by atoms with Crippen LogP contribution in [0.2, 0.25) is 4.44 Å². The number of hydrogen-bond acceptors (Lipinski definition) is 1. The van der Waals surface area contributed by atoms with Gasteiger partial charge in [-0.15, -0.1) is 0 Å². The van der Waals surface area contributed by atoms with Gasteiger partial charge >= 0.3 is 136 Å². The Morgan fingerprint density at radius 3 is 1.77 bits per heavy atom. The van der Waals surface area contributed by atoms with Crippen LogP contribution < -0.4 is 0 Å². The first-order valence-electron chi connectivity index (χ1n) is 7.23. The van der Waals surface area contributed by atoms with E-state index in [4.69, 9.17) is 3.07 Å². The van der Waals surface area contributed by atoms with Gasteiger partial charge in [-0.3, -0.25) is 0 Å². The predicted molar refractivity (Wildman–Crippen MR) is 70.5 cm³/mol. The van der Waals surface area contributed by atoms with Crippen LogP contribution in [0.3, 0.4) is 0 Å². The van der Waals surface area contributed by atoms with Crippen LogP contribution in [0.15, 0.2) is 0 Å². The molecule has 0 bridgehead atoms. The predicted octanol–water partition coefficient (Wildman–Crippen LogP) is 5.62. The molecule has 0 N–H and O–H groups in total. The van der Waals surface area contributed by atoms with Gasteiger partial charge in [0.1, 0.15) is 0 Å². The maximum atomic E-state index is 12.9. The second-order valence-electron chi connectivity index (χ2n) is 5.07. The molecule has 0 aliphatic rings. The number of halogens is 7. The van der Waals surface area contributed by atoms with Crippen molar-refractivity contribution >= 4 is 21.6 Å². The summed E-state index contributed by atoms with van der Waals surface area (Å²) < 4.78 is 90.1. The molecule has 22 heavy (non-hydrogen) atoms. The fourth-order valence-electron chi connectivity index (χ4n) is 1.66. The number of hydrogen-bond donors (Lipinski definition) is 0. The Balaban J connectivity index is 3.78. The third-order valence-corrected chi connectivity index (χ3v) is 5.91. The number of rotatable bonds is 12. The van der Waals surface area contributed by atoms with E-state index in [1.54, 1.807) is 0 Å². The fourth-order valence-corrected chi connectivity index (χ4v) is 3.93. The first-order chi connectivity index (χ1) is 10.1. The molecule has 0 amide bonds. The zero-order chi connectivity index (χ0) is 17.3. The van der Waals surface area contributed by atoms with Gasteiger partial charge in [0.15, 0.2) is 0 Å². The van der Waals surface area contributed by atoms with Gasteiger partial charge in [0.25, 0.3) is 0 Å². The molecular weight excluding hydrogens is 424 g/mol. The third-order valence-electron chi connectivity index (χ3n) is 3.06. The summed E-state index contributed by atoms with van der Waals surface area (Å²) in [7, 11) is 0. The maximum absolute atomic E-state index is 12.9. The first kappa shape index (κ1) is 22.3. The Morgan fingerprint density at radius 2 is 1.27 bits per heavy atom. The van der Waals surface area contributed by atoms with Crippen molar-refractivity contribution in [1.82, 2.24) is 0 Å². The summed E-state index contributed by atoms with van der Waals surface area (Å²) in [5, 5.41) is 0. The standard InChI is InChI=1S/C9H19O.C4H2F7.Sn/c1-2-3-4-5-6-7-8-9-10;1-2(5,6)3(7,8)4(9,10)11;/h2-9H2,1H3;1H2;/q-1;;+1. The molecule has 0 heterocycles. The number of alkyl halides is 7. The van der Waals surface area contributed by atoms with Crippen LogP contribution in [0.1, 0.15) is 51.9 Å². The van der Waals surface area contributed by atoms with E-state index in [-0.39, 0.29) is 6.61 Å². The van der Waals surface area contributed by atoms with Gasteiger partial charge in [0.2, 0.25) is 0 Å². The molecule has 0 fully saturated rings. The second kappa shape index (κ2) is 10.2. The monoisotopic (exact) mass is 446 g/mol. The van der Waals surface area contributed by atoms with E-state index in [1.165, 1.54) is 0 Å². The second-order valence-corrected chi connectivity index (χ2v) is 7.72. The molecule has 0 aromatic heterocycles. The summed E-state index contributed by atoms with van der Waals surface area (Å²) in [6.45, 7) is 2.26. The van der Waals surface area contributed by atoms with Crippen molar-refractivity contribution in [2.24, 2.45) is 0 Å². The molecule has 2 radical (unpaired) electrons. The molecule has 0 saturated heterocycles. The average Bonchev–Trinajstić information content (AvgIpc) is 2.39. The molecule has 0 unspecified atom stereocenters. The molecule has 0 aliphatic carbocycles. The topological polar surface area (TPSA) is 9.23 Å². The van der Waals surface area contributed by atoms with Crippen LogP contribution in [0, 0.1) is 0 Å². The van der Waals surface area contributed by atoms with Crippen LogP contribution in [-0.4, -0.2) is 46.2 Å². The number of unbranched alkanes of at least 4 members (excludes halogenated alkanes) is 6. The van der Waals surface area contributed by atoms with Crippen molar-refractivity contribution in [3.8, 4) is 0 Å². The summed E-state index contributed by atoms with van der Waals surface area (Å²) >= 11 is -2.40. The van der Waals surface area contributed by atoms with Crippen molar-refractivity contribution in [1.29, 1.82) is 0 Å². The fraction of sp³-hybridized carbons (Fsp3) is 1.00. The van der Waals surface area contributed by atoms with Crippen LogP contribution in [-0.2, 0) is 3.07 Å².